The molecule has 2 aliphatic rings. The van der Waals surface area contributed by atoms with Crippen LogP contribution in [0.2, 0.25) is 0 Å². The quantitative estimate of drug-likeness (QED) is 0.287. The number of benzene rings is 3. The lowest BCUT2D eigenvalue weighted by molar-refractivity contribution is -0.123. The molecule has 6 heteroatoms. The van der Waals surface area contributed by atoms with Gasteiger partial charge in [0.1, 0.15) is 6.61 Å². The highest BCUT2D eigenvalue weighted by molar-refractivity contribution is 9.10. The number of hydrogen-bond acceptors (Lipinski definition) is 4. The second kappa shape index (κ2) is 9.41. The van der Waals surface area contributed by atoms with Gasteiger partial charge < -0.3 is 9.47 Å². The zero-order valence-corrected chi connectivity index (χ0v) is 21.1. The van der Waals surface area contributed by atoms with E-state index in [9.17, 15) is 4.79 Å². The summed E-state index contributed by atoms with van der Waals surface area (Å²) < 4.78 is 12.5. The molecule has 1 N–H and O–H groups in total. The third kappa shape index (κ3) is 4.31. The van der Waals surface area contributed by atoms with Gasteiger partial charge >= 0.3 is 0 Å². The molecule has 34 heavy (non-hydrogen) atoms. The van der Waals surface area contributed by atoms with E-state index in [2.05, 4.69) is 57.6 Å². The van der Waals surface area contributed by atoms with Crippen LogP contribution in [-0.4, -0.2) is 19.2 Å². The van der Waals surface area contributed by atoms with Gasteiger partial charge in [-0.2, -0.15) is 5.10 Å². The number of halogens is 1. The number of ether oxygens (including phenoxy) is 2. The molecule has 0 radical (unpaired) electrons. The van der Waals surface area contributed by atoms with Crippen molar-refractivity contribution in [3.05, 3.63) is 70.2 Å². The fourth-order valence-corrected chi connectivity index (χ4v) is 6.19. The third-order valence-corrected chi connectivity index (χ3v) is 8.09. The first kappa shape index (κ1) is 22.9. The SMILES string of the molecule is COc1cc(/C=N\NC(=O)[C@H]2[C@@H]3CCCC[C@@]32C)cc(Br)c1OCc1cccc2ccccc12. The first-order valence-corrected chi connectivity index (χ1v) is 12.6. The van der Waals surface area contributed by atoms with E-state index in [1.165, 1.54) is 23.6 Å². The molecule has 3 atom stereocenters. The number of nitrogens with zero attached hydrogens (tertiary/aromatic N) is 1. The molecule has 0 spiro atoms. The maximum Gasteiger partial charge on any atom is 0.244 e. The molecule has 0 bridgehead atoms. The number of carbonyl (C=O) groups is 1. The van der Waals surface area contributed by atoms with Crippen LogP contribution in [0.25, 0.3) is 10.8 Å². The fraction of sp³-hybridized carbons (Fsp3) is 0.357. The minimum atomic E-state index is 0.0340. The van der Waals surface area contributed by atoms with Gasteiger partial charge in [0, 0.05) is 5.92 Å². The van der Waals surface area contributed by atoms with Crippen molar-refractivity contribution in [2.75, 3.05) is 7.11 Å². The Kier molecular flexibility index (Phi) is 6.34. The summed E-state index contributed by atoms with van der Waals surface area (Å²) in [6.07, 6.45) is 6.40. The zero-order chi connectivity index (χ0) is 23.7. The molecule has 0 saturated heterocycles. The molecule has 5 rings (SSSR count). The maximum absolute atomic E-state index is 12.6. The standard InChI is InChI=1S/C28H29BrN2O3/c1-28-13-6-5-12-22(28)25(28)27(32)31-30-16-18-14-23(29)26(24(15-18)33-2)34-17-20-10-7-9-19-8-3-4-11-21(19)20/h3-4,7-11,14-16,22,25H,5-6,12-13,17H2,1-2H3,(H,31,32)/b30-16-/t22-,25+,28-/m0/s1. The predicted octanol–water partition coefficient (Wildman–Crippen LogP) is 6.47. The van der Waals surface area contributed by atoms with Crippen LogP contribution in [-0.2, 0) is 11.4 Å². The van der Waals surface area contributed by atoms with E-state index in [0.717, 1.165) is 28.4 Å². The van der Waals surface area contributed by atoms with Gasteiger partial charge in [-0.1, -0.05) is 62.2 Å². The van der Waals surface area contributed by atoms with Crippen molar-refractivity contribution in [1.82, 2.24) is 5.43 Å². The van der Waals surface area contributed by atoms with Gasteiger partial charge in [0.15, 0.2) is 11.5 Å². The molecule has 0 heterocycles. The summed E-state index contributed by atoms with van der Waals surface area (Å²) in [5, 5.41) is 6.58. The predicted molar refractivity (Wildman–Crippen MR) is 138 cm³/mol. The minimum Gasteiger partial charge on any atom is -0.493 e. The van der Waals surface area contributed by atoms with Gasteiger partial charge in [-0.05, 0) is 74.1 Å². The average molecular weight is 521 g/mol. The number of nitrogens with one attached hydrogen (secondary N) is 1. The molecule has 176 valence electrons. The van der Waals surface area contributed by atoms with Crippen molar-refractivity contribution in [3.8, 4) is 11.5 Å². The molecule has 1 amide bonds. The van der Waals surface area contributed by atoms with Crippen LogP contribution in [0.15, 0.2) is 64.2 Å². The largest absolute Gasteiger partial charge is 0.493 e. The monoisotopic (exact) mass is 520 g/mol. The molecule has 0 aliphatic heterocycles. The van der Waals surface area contributed by atoms with E-state index in [1.807, 2.05) is 30.3 Å². The summed E-state index contributed by atoms with van der Waals surface area (Å²) in [5.41, 5.74) is 4.84. The summed E-state index contributed by atoms with van der Waals surface area (Å²) in [6, 6.07) is 18.2. The van der Waals surface area contributed by atoms with Crippen molar-refractivity contribution in [2.45, 2.75) is 39.2 Å². The molecular formula is C28H29BrN2O3. The highest BCUT2D eigenvalue weighted by Crippen LogP contribution is 2.66. The summed E-state index contributed by atoms with van der Waals surface area (Å²) in [4.78, 5) is 12.6. The average Bonchev–Trinajstić information content (AvgIpc) is 3.48. The van der Waals surface area contributed by atoms with E-state index in [-0.39, 0.29) is 17.2 Å². The number of amides is 1. The zero-order valence-electron chi connectivity index (χ0n) is 19.5. The number of fused-ring (bicyclic) bond motifs is 2. The van der Waals surface area contributed by atoms with Crippen molar-refractivity contribution in [1.29, 1.82) is 0 Å². The molecule has 3 aromatic carbocycles. The van der Waals surface area contributed by atoms with E-state index >= 15 is 0 Å². The van der Waals surface area contributed by atoms with Crippen LogP contribution in [0.3, 0.4) is 0 Å². The maximum atomic E-state index is 12.6. The Labute approximate surface area is 208 Å². The van der Waals surface area contributed by atoms with Crippen LogP contribution in [0, 0.1) is 17.3 Å². The highest BCUT2D eigenvalue weighted by Gasteiger charge is 2.64. The van der Waals surface area contributed by atoms with Gasteiger partial charge in [-0.25, -0.2) is 5.43 Å². The van der Waals surface area contributed by atoms with E-state index in [4.69, 9.17) is 9.47 Å². The van der Waals surface area contributed by atoms with E-state index in [1.54, 1.807) is 13.3 Å². The molecule has 2 fully saturated rings. The summed E-state index contributed by atoms with van der Waals surface area (Å²) >= 11 is 3.61. The van der Waals surface area contributed by atoms with Gasteiger partial charge in [0.25, 0.3) is 0 Å². The van der Waals surface area contributed by atoms with Crippen LogP contribution >= 0.6 is 15.9 Å². The third-order valence-electron chi connectivity index (χ3n) is 7.51. The second-order valence-electron chi connectivity index (χ2n) is 9.53. The Morgan fingerprint density at radius 1 is 1.21 bits per heavy atom. The molecule has 0 aromatic heterocycles. The molecule has 2 aliphatic carbocycles. The van der Waals surface area contributed by atoms with Gasteiger partial charge in [0.2, 0.25) is 5.91 Å². The number of hydrogen-bond donors (Lipinski definition) is 1. The lowest BCUT2D eigenvalue weighted by Crippen LogP contribution is -2.22. The number of methoxy groups -OCH3 is 1. The van der Waals surface area contributed by atoms with E-state index in [0.29, 0.717) is 24.0 Å². The van der Waals surface area contributed by atoms with Crippen LogP contribution < -0.4 is 14.9 Å². The van der Waals surface area contributed by atoms with E-state index < -0.39 is 0 Å². The summed E-state index contributed by atoms with van der Waals surface area (Å²) in [6.45, 7) is 2.66. The molecule has 3 aromatic rings. The second-order valence-corrected chi connectivity index (χ2v) is 10.4. The smallest absolute Gasteiger partial charge is 0.244 e. The summed E-state index contributed by atoms with van der Waals surface area (Å²) in [7, 11) is 1.62. The normalized spacial score (nSPS) is 23.5. The van der Waals surface area contributed by atoms with Crippen LogP contribution in [0.1, 0.15) is 43.7 Å². The minimum absolute atomic E-state index is 0.0340. The topological polar surface area (TPSA) is 59.9 Å². The van der Waals surface area contributed by atoms with Gasteiger partial charge in [0.05, 0.1) is 17.8 Å². The van der Waals surface area contributed by atoms with Gasteiger partial charge in [-0.3, -0.25) is 4.79 Å². The first-order chi connectivity index (χ1) is 16.5. The molecule has 0 unspecified atom stereocenters. The van der Waals surface area contributed by atoms with Crippen molar-refractivity contribution in [3.63, 3.8) is 0 Å². The van der Waals surface area contributed by atoms with Crippen LogP contribution in [0.5, 0.6) is 11.5 Å². The van der Waals surface area contributed by atoms with Gasteiger partial charge in [-0.15, -0.1) is 0 Å². The fourth-order valence-electron chi connectivity index (χ4n) is 5.61. The van der Waals surface area contributed by atoms with Crippen molar-refractivity contribution in [2.24, 2.45) is 22.4 Å². The Hall–Kier alpha value is -2.86. The lowest BCUT2D eigenvalue weighted by atomic mass is 9.90. The Bertz CT molecular complexity index is 1250. The number of carbonyl (C=O) groups excluding carboxylic acids is 1. The molecule has 5 nitrogen and oxygen atoms in total. The number of hydrazone groups is 1. The Morgan fingerprint density at radius 3 is 2.82 bits per heavy atom. The van der Waals surface area contributed by atoms with Crippen molar-refractivity contribution >= 4 is 38.8 Å². The van der Waals surface area contributed by atoms with Crippen LogP contribution in [0.4, 0.5) is 0 Å². The first-order valence-electron chi connectivity index (χ1n) is 11.8. The Balaban J connectivity index is 1.26. The number of rotatable bonds is 7. The summed E-state index contributed by atoms with van der Waals surface area (Å²) in [5.74, 6) is 1.88. The molecular weight excluding hydrogens is 492 g/mol. The molecule has 2 saturated carbocycles. The van der Waals surface area contributed by atoms with Crippen molar-refractivity contribution < 1.29 is 14.3 Å². The lowest BCUT2D eigenvalue weighted by Gasteiger charge is -2.15. The Morgan fingerprint density at radius 2 is 2.03 bits per heavy atom. The highest BCUT2D eigenvalue weighted by atomic mass is 79.9.